The highest BCUT2D eigenvalue weighted by molar-refractivity contribution is 7.91. The molecule has 0 heterocycles. The van der Waals surface area contributed by atoms with Crippen LogP contribution in [-0.4, -0.2) is 30.0 Å². The van der Waals surface area contributed by atoms with Gasteiger partial charge in [-0.1, -0.05) is 6.92 Å². The number of hydrogen-bond donors (Lipinski definition) is 1. The number of nitro benzene ring substituents is 1. The van der Waals surface area contributed by atoms with Crippen LogP contribution < -0.4 is 0 Å². The summed E-state index contributed by atoms with van der Waals surface area (Å²) in [4.78, 5) is 9.93. The lowest BCUT2D eigenvalue weighted by atomic mass is 10.0. The van der Waals surface area contributed by atoms with Gasteiger partial charge in [0.25, 0.3) is 5.69 Å². The van der Waals surface area contributed by atoms with Crippen molar-refractivity contribution in [2.45, 2.75) is 24.7 Å². The van der Waals surface area contributed by atoms with Crippen molar-refractivity contribution in [2.75, 3.05) is 6.26 Å². The summed E-state index contributed by atoms with van der Waals surface area (Å²) in [6.07, 6.45) is 0.165. The van der Waals surface area contributed by atoms with Gasteiger partial charge in [-0.25, -0.2) is 8.42 Å². The molecule has 7 heteroatoms. The van der Waals surface area contributed by atoms with E-state index in [1.807, 2.05) is 0 Å². The Hall–Kier alpha value is -1.47. The van der Waals surface area contributed by atoms with Crippen LogP contribution in [0.3, 0.4) is 0 Å². The van der Waals surface area contributed by atoms with Gasteiger partial charge in [-0.15, -0.1) is 0 Å². The third kappa shape index (κ3) is 3.27. The normalized spacial score (nSPS) is 15.1. The van der Waals surface area contributed by atoms with E-state index in [-0.39, 0.29) is 12.1 Å². The smallest absolute Gasteiger partial charge is 0.269 e. The van der Waals surface area contributed by atoms with Crippen LogP contribution in [0.15, 0.2) is 24.3 Å². The quantitative estimate of drug-likeness (QED) is 0.646. The molecule has 0 amide bonds. The predicted molar refractivity (Wildman–Crippen MR) is 67.0 cm³/mol. The van der Waals surface area contributed by atoms with Gasteiger partial charge in [-0.3, -0.25) is 10.1 Å². The molecule has 0 saturated heterocycles. The van der Waals surface area contributed by atoms with Gasteiger partial charge in [0, 0.05) is 18.4 Å². The van der Waals surface area contributed by atoms with Gasteiger partial charge >= 0.3 is 0 Å². The average Bonchev–Trinajstić information content (AvgIpc) is 2.28. The molecule has 1 rings (SSSR count). The van der Waals surface area contributed by atoms with Crippen LogP contribution >= 0.6 is 0 Å². The fourth-order valence-corrected chi connectivity index (χ4v) is 3.00. The van der Waals surface area contributed by atoms with E-state index in [9.17, 15) is 23.6 Å². The Kier molecular flexibility index (Phi) is 4.42. The first-order valence-corrected chi connectivity index (χ1v) is 7.34. The molecule has 18 heavy (non-hydrogen) atoms. The van der Waals surface area contributed by atoms with E-state index in [4.69, 9.17) is 0 Å². The summed E-state index contributed by atoms with van der Waals surface area (Å²) in [6, 6.07) is 5.23. The molecule has 1 N–H and O–H groups in total. The van der Waals surface area contributed by atoms with Crippen LogP contribution in [0.2, 0.25) is 0 Å². The van der Waals surface area contributed by atoms with Crippen molar-refractivity contribution < 1.29 is 18.4 Å². The fourth-order valence-electron chi connectivity index (χ4n) is 1.77. The number of sulfone groups is 1. The number of aliphatic hydroxyl groups excluding tert-OH is 1. The molecule has 0 unspecified atom stereocenters. The first-order valence-electron chi connectivity index (χ1n) is 5.38. The van der Waals surface area contributed by atoms with Crippen LogP contribution in [0.5, 0.6) is 0 Å². The first-order chi connectivity index (χ1) is 8.27. The summed E-state index contributed by atoms with van der Waals surface area (Å²) in [7, 11) is -3.37. The van der Waals surface area contributed by atoms with Gasteiger partial charge in [-0.05, 0) is 24.1 Å². The molecule has 1 aromatic rings. The highest BCUT2D eigenvalue weighted by Crippen LogP contribution is 2.25. The largest absolute Gasteiger partial charge is 0.387 e. The first kappa shape index (κ1) is 14.6. The monoisotopic (exact) mass is 273 g/mol. The van der Waals surface area contributed by atoms with E-state index < -0.39 is 26.1 Å². The van der Waals surface area contributed by atoms with Gasteiger partial charge in [0.05, 0.1) is 16.3 Å². The third-order valence-corrected chi connectivity index (χ3v) is 4.44. The molecule has 100 valence electrons. The van der Waals surface area contributed by atoms with E-state index >= 15 is 0 Å². The van der Waals surface area contributed by atoms with Crippen molar-refractivity contribution in [3.63, 3.8) is 0 Å². The Labute approximate surface area is 105 Å². The number of non-ortho nitro benzene ring substituents is 1. The molecule has 0 aliphatic heterocycles. The average molecular weight is 273 g/mol. The molecule has 2 atom stereocenters. The highest BCUT2D eigenvalue weighted by Gasteiger charge is 2.28. The summed E-state index contributed by atoms with van der Waals surface area (Å²) in [5, 5.41) is 19.6. The van der Waals surface area contributed by atoms with Crippen LogP contribution in [0, 0.1) is 10.1 Å². The maximum Gasteiger partial charge on any atom is 0.269 e. The van der Waals surface area contributed by atoms with Crippen LogP contribution in [0.25, 0.3) is 0 Å². The molecule has 0 aromatic heterocycles. The van der Waals surface area contributed by atoms with Gasteiger partial charge in [0.1, 0.15) is 0 Å². The SMILES string of the molecule is CC[C@H]([C@H](O)c1ccc([N+](=O)[O-])cc1)S(C)(=O)=O. The molecule has 0 saturated carbocycles. The van der Waals surface area contributed by atoms with Gasteiger partial charge < -0.3 is 5.11 Å². The second-order valence-corrected chi connectivity index (χ2v) is 6.33. The zero-order chi connectivity index (χ0) is 13.9. The van der Waals surface area contributed by atoms with Crippen molar-refractivity contribution in [3.05, 3.63) is 39.9 Å². The molecule has 0 aliphatic rings. The zero-order valence-corrected chi connectivity index (χ0v) is 10.9. The van der Waals surface area contributed by atoms with Crippen molar-refractivity contribution in [1.82, 2.24) is 0 Å². The lowest BCUT2D eigenvalue weighted by Crippen LogP contribution is -2.26. The van der Waals surface area contributed by atoms with Crippen molar-refractivity contribution in [2.24, 2.45) is 0 Å². The van der Waals surface area contributed by atoms with Gasteiger partial charge in [-0.2, -0.15) is 0 Å². The number of rotatable bonds is 5. The number of benzene rings is 1. The summed E-state index contributed by atoms with van der Waals surface area (Å²) < 4.78 is 23.0. The minimum atomic E-state index is -3.37. The maximum atomic E-state index is 11.5. The topological polar surface area (TPSA) is 97.5 Å². The zero-order valence-electron chi connectivity index (χ0n) is 10.1. The standard InChI is InChI=1S/C11H15NO5S/c1-3-10(18(2,16)17)11(13)8-4-6-9(7-5-8)12(14)15/h4-7,10-11,13H,3H2,1-2H3/t10-,11-/m1/s1. The Morgan fingerprint density at radius 2 is 1.83 bits per heavy atom. The maximum absolute atomic E-state index is 11.5. The van der Waals surface area contributed by atoms with E-state index in [2.05, 4.69) is 0 Å². The second kappa shape index (κ2) is 5.45. The molecule has 0 radical (unpaired) electrons. The number of aliphatic hydroxyl groups is 1. The fraction of sp³-hybridized carbons (Fsp3) is 0.455. The Balaban J connectivity index is 3.03. The van der Waals surface area contributed by atoms with Crippen LogP contribution in [-0.2, 0) is 9.84 Å². The highest BCUT2D eigenvalue weighted by atomic mass is 32.2. The molecule has 0 bridgehead atoms. The summed E-state index contributed by atoms with van der Waals surface area (Å²) in [5.74, 6) is 0. The summed E-state index contributed by atoms with van der Waals surface area (Å²) in [5.41, 5.74) is 0.260. The molecule has 0 spiro atoms. The van der Waals surface area contributed by atoms with E-state index in [1.165, 1.54) is 24.3 Å². The summed E-state index contributed by atoms with van der Waals surface area (Å²) >= 11 is 0. The molecular weight excluding hydrogens is 258 g/mol. The molecule has 1 aromatic carbocycles. The lowest BCUT2D eigenvalue weighted by molar-refractivity contribution is -0.384. The molecule has 6 nitrogen and oxygen atoms in total. The molecular formula is C11H15NO5S. The van der Waals surface area contributed by atoms with E-state index in [1.54, 1.807) is 6.92 Å². The predicted octanol–water partition coefficient (Wildman–Crippen LogP) is 1.45. The number of nitro groups is 1. The minimum absolute atomic E-state index is 0.0987. The van der Waals surface area contributed by atoms with Gasteiger partial charge in [0.15, 0.2) is 9.84 Å². The molecule has 0 fully saturated rings. The van der Waals surface area contributed by atoms with Crippen LogP contribution in [0.4, 0.5) is 5.69 Å². The number of hydrogen-bond acceptors (Lipinski definition) is 5. The van der Waals surface area contributed by atoms with Crippen molar-refractivity contribution >= 4 is 15.5 Å². The van der Waals surface area contributed by atoms with Crippen LogP contribution in [0.1, 0.15) is 25.0 Å². The Morgan fingerprint density at radius 3 is 2.17 bits per heavy atom. The van der Waals surface area contributed by atoms with E-state index in [0.717, 1.165) is 6.26 Å². The molecule has 0 aliphatic carbocycles. The number of nitrogens with zero attached hydrogens (tertiary/aromatic N) is 1. The summed E-state index contributed by atoms with van der Waals surface area (Å²) in [6.45, 7) is 1.67. The van der Waals surface area contributed by atoms with Crippen molar-refractivity contribution in [1.29, 1.82) is 0 Å². The minimum Gasteiger partial charge on any atom is -0.387 e. The van der Waals surface area contributed by atoms with E-state index in [0.29, 0.717) is 5.56 Å². The third-order valence-electron chi connectivity index (χ3n) is 2.75. The Morgan fingerprint density at radius 1 is 1.33 bits per heavy atom. The second-order valence-electron chi connectivity index (χ2n) is 4.07. The van der Waals surface area contributed by atoms with Crippen molar-refractivity contribution in [3.8, 4) is 0 Å². The van der Waals surface area contributed by atoms with Gasteiger partial charge in [0.2, 0.25) is 0 Å². The lowest BCUT2D eigenvalue weighted by Gasteiger charge is -2.20. The Bertz CT molecular complexity index is 523.